The Morgan fingerprint density at radius 2 is 1.55 bits per heavy atom. The van der Waals surface area contributed by atoms with Crippen LogP contribution in [-0.4, -0.2) is 23.6 Å². The summed E-state index contributed by atoms with van der Waals surface area (Å²) in [5, 5.41) is 2.59. The molecule has 5 N–H and O–H groups in total. The third-order valence-electron chi connectivity index (χ3n) is 2.57. The van der Waals surface area contributed by atoms with E-state index in [1.54, 1.807) is 0 Å². The highest BCUT2D eigenvalue weighted by Crippen LogP contribution is 2.15. The molecule has 0 aliphatic carbocycles. The monoisotopic (exact) mass is 297 g/mol. The molecule has 0 bridgehead atoms. The molecule has 0 atom stereocenters. The number of halogens is 1. The fraction of sp³-hybridized carbons (Fsp3) is 0.308. The van der Waals surface area contributed by atoms with Crippen molar-refractivity contribution in [2.45, 2.75) is 19.3 Å². The van der Waals surface area contributed by atoms with E-state index >= 15 is 0 Å². The summed E-state index contributed by atoms with van der Waals surface area (Å²) >= 11 is 5.52. The molecular formula is C13H16ClN3O3. The number of hydrogen-bond acceptors (Lipinski definition) is 3. The molecule has 20 heavy (non-hydrogen) atoms. The van der Waals surface area contributed by atoms with Crippen LogP contribution in [-0.2, 0) is 4.79 Å². The minimum atomic E-state index is -0.703. The van der Waals surface area contributed by atoms with E-state index in [-0.39, 0.29) is 17.0 Å². The van der Waals surface area contributed by atoms with Crippen LogP contribution in [0.5, 0.6) is 0 Å². The molecule has 0 heterocycles. The minimum absolute atomic E-state index is 0.109. The summed E-state index contributed by atoms with van der Waals surface area (Å²) in [5.74, 6) is -1.14. The van der Waals surface area contributed by atoms with Crippen LogP contribution in [0.25, 0.3) is 0 Å². The topological polar surface area (TPSA) is 115 Å². The van der Waals surface area contributed by atoms with Crippen LogP contribution in [0.2, 0.25) is 0 Å². The van der Waals surface area contributed by atoms with Crippen molar-refractivity contribution in [1.82, 2.24) is 0 Å². The van der Waals surface area contributed by atoms with Gasteiger partial charge < -0.3 is 16.8 Å². The molecule has 0 saturated carbocycles. The molecule has 0 spiro atoms. The number of carbonyl (C=O) groups is 3. The summed E-state index contributed by atoms with van der Waals surface area (Å²) in [6, 6.07) is 4.08. The van der Waals surface area contributed by atoms with E-state index in [9.17, 15) is 14.4 Å². The zero-order chi connectivity index (χ0) is 15.1. The van der Waals surface area contributed by atoms with E-state index in [4.69, 9.17) is 23.1 Å². The number of unbranched alkanes of at least 4 members (excludes halogenated alkanes) is 1. The zero-order valence-corrected chi connectivity index (χ0v) is 11.6. The normalized spacial score (nSPS) is 10.1. The summed E-state index contributed by atoms with van der Waals surface area (Å²) in [7, 11) is 0. The van der Waals surface area contributed by atoms with Crippen LogP contribution in [0.1, 0.15) is 40.0 Å². The first-order valence-electron chi connectivity index (χ1n) is 6.04. The van der Waals surface area contributed by atoms with E-state index in [1.165, 1.54) is 18.2 Å². The molecule has 0 unspecified atom stereocenters. The Hall–Kier alpha value is -2.08. The molecule has 1 aromatic carbocycles. The van der Waals surface area contributed by atoms with Crippen molar-refractivity contribution in [3.8, 4) is 0 Å². The van der Waals surface area contributed by atoms with Crippen LogP contribution >= 0.6 is 11.6 Å². The van der Waals surface area contributed by atoms with Crippen LogP contribution in [0.3, 0.4) is 0 Å². The van der Waals surface area contributed by atoms with Crippen molar-refractivity contribution in [2.75, 3.05) is 11.2 Å². The van der Waals surface area contributed by atoms with E-state index in [1.807, 2.05) is 0 Å². The second-order valence-corrected chi connectivity index (χ2v) is 4.60. The van der Waals surface area contributed by atoms with Gasteiger partial charge in [0.05, 0.1) is 0 Å². The highest BCUT2D eigenvalue weighted by atomic mass is 35.5. The number of nitrogens with one attached hydrogen (secondary N) is 1. The number of carbonyl (C=O) groups excluding carboxylic acids is 3. The Morgan fingerprint density at radius 3 is 2.00 bits per heavy atom. The van der Waals surface area contributed by atoms with Gasteiger partial charge >= 0.3 is 0 Å². The van der Waals surface area contributed by atoms with Gasteiger partial charge in [-0.25, -0.2) is 0 Å². The number of amides is 3. The summed E-state index contributed by atoms with van der Waals surface area (Å²) in [4.78, 5) is 34.0. The number of benzene rings is 1. The van der Waals surface area contributed by atoms with Crippen molar-refractivity contribution in [3.05, 3.63) is 29.3 Å². The fourth-order valence-corrected chi connectivity index (χ4v) is 1.78. The number of anilines is 1. The van der Waals surface area contributed by atoms with Gasteiger partial charge in [0.15, 0.2) is 0 Å². The van der Waals surface area contributed by atoms with Crippen molar-refractivity contribution in [1.29, 1.82) is 0 Å². The number of primary amides is 2. The number of alkyl halides is 1. The first-order chi connectivity index (χ1) is 9.43. The summed E-state index contributed by atoms with van der Waals surface area (Å²) in [6.45, 7) is 0. The lowest BCUT2D eigenvalue weighted by Crippen LogP contribution is -2.18. The maximum atomic E-state index is 11.7. The van der Waals surface area contributed by atoms with Crippen molar-refractivity contribution in [3.63, 3.8) is 0 Å². The average molecular weight is 298 g/mol. The third-order valence-corrected chi connectivity index (χ3v) is 2.84. The van der Waals surface area contributed by atoms with E-state index < -0.39 is 11.8 Å². The molecule has 0 radical (unpaired) electrons. The van der Waals surface area contributed by atoms with E-state index in [2.05, 4.69) is 5.32 Å². The Morgan fingerprint density at radius 1 is 1.00 bits per heavy atom. The predicted molar refractivity (Wildman–Crippen MR) is 76.7 cm³/mol. The number of hydrogen-bond donors (Lipinski definition) is 3. The lowest BCUT2D eigenvalue weighted by molar-refractivity contribution is -0.116. The Balaban J connectivity index is 2.86. The van der Waals surface area contributed by atoms with Crippen LogP contribution in [0.15, 0.2) is 18.2 Å². The van der Waals surface area contributed by atoms with E-state index in [0.29, 0.717) is 24.4 Å². The highest BCUT2D eigenvalue weighted by molar-refractivity contribution is 6.17. The lowest BCUT2D eigenvalue weighted by Gasteiger charge is -2.08. The van der Waals surface area contributed by atoms with Gasteiger partial charge in [-0.05, 0) is 31.0 Å². The average Bonchev–Trinajstić information content (AvgIpc) is 2.38. The van der Waals surface area contributed by atoms with Gasteiger partial charge in [0.25, 0.3) is 0 Å². The van der Waals surface area contributed by atoms with Crippen molar-refractivity contribution < 1.29 is 14.4 Å². The van der Waals surface area contributed by atoms with Gasteiger partial charge in [-0.2, -0.15) is 0 Å². The Labute approximate surface area is 121 Å². The Bertz CT molecular complexity index is 499. The molecule has 1 aromatic rings. The first-order valence-corrected chi connectivity index (χ1v) is 6.58. The van der Waals surface area contributed by atoms with Gasteiger partial charge in [-0.1, -0.05) is 0 Å². The van der Waals surface area contributed by atoms with Crippen molar-refractivity contribution in [2.24, 2.45) is 11.5 Å². The molecule has 1 rings (SSSR count). The molecule has 0 fully saturated rings. The molecular weight excluding hydrogens is 282 g/mol. The van der Waals surface area contributed by atoms with Crippen molar-refractivity contribution >= 4 is 35.0 Å². The second-order valence-electron chi connectivity index (χ2n) is 4.22. The lowest BCUT2D eigenvalue weighted by atomic mass is 10.1. The molecule has 108 valence electrons. The van der Waals surface area contributed by atoms with Crippen LogP contribution in [0, 0.1) is 0 Å². The molecule has 0 aromatic heterocycles. The van der Waals surface area contributed by atoms with E-state index in [0.717, 1.165) is 6.42 Å². The zero-order valence-electron chi connectivity index (χ0n) is 10.8. The van der Waals surface area contributed by atoms with Crippen LogP contribution < -0.4 is 16.8 Å². The van der Waals surface area contributed by atoms with Gasteiger partial charge in [0.2, 0.25) is 17.7 Å². The summed E-state index contributed by atoms with van der Waals surface area (Å²) < 4.78 is 0. The highest BCUT2D eigenvalue weighted by Gasteiger charge is 2.10. The fourth-order valence-electron chi connectivity index (χ4n) is 1.59. The quantitative estimate of drug-likeness (QED) is 0.519. The maximum absolute atomic E-state index is 11.7. The Kier molecular flexibility index (Phi) is 5.99. The SMILES string of the molecule is NC(=O)c1cc(NC(=O)CCCCCl)cc(C(N)=O)c1. The predicted octanol–water partition coefficient (Wildman–Crippen LogP) is 1.23. The smallest absolute Gasteiger partial charge is 0.248 e. The molecule has 3 amide bonds. The van der Waals surface area contributed by atoms with Gasteiger partial charge in [-0.3, -0.25) is 14.4 Å². The maximum Gasteiger partial charge on any atom is 0.248 e. The second kappa shape index (κ2) is 7.49. The third kappa shape index (κ3) is 4.89. The minimum Gasteiger partial charge on any atom is -0.366 e. The molecule has 7 heteroatoms. The van der Waals surface area contributed by atoms with Gasteiger partial charge in [0.1, 0.15) is 0 Å². The van der Waals surface area contributed by atoms with Gasteiger partial charge in [-0.15, -0.1) is 11.6 Å². The number of rotatable bonds is 7. The number of nitrogens with two attached hydrogens (primary N) is 2. The summed E-state index contributed by atoms with van der Waals surface area (Å²) in [6.07, 6.45) is 1.70. The summed E-state index contributed by atoms with van der Waals surface area (Å²) in [5.41, 5.74) is 10.9. The molecule has 0 saturated heterocycles. The molecule has 6 nitrogen and oxygen atoms in total. The van der Waals surface area contributed by atoms with Crippen LogP contribution in [0.4, 0.5) is 5.69 Å². The molecule has 0 aliphatic rings. The standard InChI is InChI=1S/C13H16ClN3O3/c14-4-2-1-3-11(18)17-10-6-8(12(15)19)5-9(7-10)13(16)20/h5-7H,1-4H2,(H2,15,19)(H2,16,20)(H,17,18). The largest absolute Gasteiger partial charge is 0.366 e. The first kappa shape index (κ1) is 16.0. The molecule has 0 aliphatic heterocycles. The van der Waals surface area contributed by atoms with Gasteiger partial charge in [0, 0.05) is 29.1 Å².